The number of thiazole rings is 1. The van der Waals surface area contributed by atoms with E-state index in [-0.39, 0.29) is 36.9 Å². The molecule has 0 spiro atoms. The summed E-state index contributed by atoms with van der Waals surface area (Å²) in [6.45, 7) is 1.15. The molecule has 1 fully saturated rings. The fraction of sp³-hybridized carbons (Fsp3) is 0.286. The van der Waals surface area contributed by atoms with E-state index in [9.17, 15) is 18.4 Å². The molecule has 1 atom stereocenters. The number of fused-ring (bicyclic) bond motifs is 1. The number of rotatable bonds is 6. The number of nitrogens with zero attached hydrogens (tertiary/aromatic N) is 2. The van der Waals surface area contributed by atoms with E-state index in [1.165, 1.54) is 23.5 Å². The minimum atomic E-state index is -0.931. The van der Waals surface area contributed by atoms with Crippen molar-refractivity contribution in [3.05, 3.63) is 64.7 Å². The number of amides is 2. The van der Waals surface area contributed by atoms with Crippen LogP contribution in [0.4, 0.5) is 8.78 Å². The highest BCUT2D eigenvalue weighted by Gasteiger charge is 2.32. The molecule has 0 radical (unpaired) electrons. The lowest BCUT2D eigenvalue weighted by Crippen LogP contribution is -2.56. The summed E-state index contributed by atoms with van der Waals surface area (Å²) < 4.78 is 28.6. The monoisotopic (exact) mass is 430 g/mol. The molecule has 30 heavy (non-hydrogen) atoms. The zero-order valence-corrected chi connectivity index (χ0v) is 16.8. The maximum atomic E-state index is 14.1. The molecule has 9 heteroatoms. The molecule has 2 aromatic carbocycles. The second-order valence-electron chi connectivity index (χ2n) is 7.05. The summed E-state index contributed by atoms with van der Waals surface area (Å²) in [5, 5.41) is 6.31. The van der Waals surface area contributed by atoms with Crippen LogP contribution < -0.4 is 10.6 Å². The van der Waals surface area contributed by atoms with Gasteiger partial charge in [0.1, 0.15) is 5.01 Å². The van der Waals surface area contributed by atoms with Crippen LogP contribution in [0.5, 0.6) is 0 Å². The Morgan fingerprint density at radius 2 is 2.07 bits per heavy atom. The van der Waals surface area contributed by atoms with Crippen molar-refractivity contribution < 1.29 is 18.4 Å². The topological polar surface area (TPSA) is 74.3 Å². The van der Waals surface area contributed by atoms with E-state index >= 15 is 0 Å². The van der Waals surface area contributed by atoms with Crippen LogP contribution in [0.3, 0.4) is 0 Å². The van der Waals surface area contributed by atoms with Gasteiger partial charge in [-0.1, -0.05) is 24.3 Å². The van der Waals surface area contributed by atoms with Crippen LogP contribution in [0, 0.1) is 11.6 Å². The third-order valence-corrected chi connectivity index (χ3v) is 6.04. The molecule has 0 saturated carbocycles. The summed E-state index contributed by atoms with van der Waals surface area (Å²) in [4.78, 5) is 31.0. The second-order valence-corrected chi connectivity index (χ2v) is 8.16. The number of piperazine rings is 1. The van der Waals surface area contributed by atoms with Gasteiger partial charge in [0.2, 0.25) is 11.8 Å². The van der Waals surface area contributed by atoms with Crippen LogP contribution in [0.2, 0.25) is 0 Å². The lowest BCUT2D eigenvalue weighted by atomic mass is 10.1. The van der Waals surface area contributed by atoms with Crippen molar-refractivity contribution in [3.8, 4) is 0 Å². The molecule has 2 heterocycles. The average molecular weight is 430 g/mol. The number of aromatic nitrogens is 1. The standard InChI is InChI=1S/C21H20F2N4O2S/c22-14-5-3-4-13(20(14)23)12-27-9-8-24-21(29)16(27)10-18(28)25-11-19-26-15-6-1-2-7-17(15)30-19/h1-7,16H,8-12H2,(H,24,29)(H,25,28)/t16-/m1/s1. The van der Waals surface area contributed by atoms with Crippen molar-refractivity contribution in [2.75, 3.05) is 13.1 Å². The fourth-order valence-electron chi connectivity index (χ4n) is 3.48. The molecule has 6 nitrogen and oxygen atoms in total. The van der Waals surface area contributed by atoms with Gasteiger partial charge in [0.05, 0.1) is 29.2 Å². The molecule has 3 aromatic rings. The Balaban J connectivity index is 1.40. The van der Waals surface area contributed by atoms with Crippen LogP contribution >= 0.6 is 11.3 Å². The van der Waals surface area contributed by atoms with Gasteiger partial charge in [-0.05, 0) is 18.2 Å². The Morgan fingerprint density at radius 1 is 1.23 bits per heavy atom. The van der Waals surface area contributed by atoms with E-state index in [0.717, 1.165) is 21.3 Å². The molecule has 0 aliphatic carbocycles. The van der Waals surface area contributed by atoms with Gasteiger partial charge in [-0.3, -0.25) is 14.5 Å². The highest BCUT2D eigenvalue weighted by molar-refractivity contribution is 7.18. The van der Waals surface area contributed by atoms with E-state index in [2.05, 4.69) is 15.6 Å². The molecule has 0 unspecified atom stereocenters. The number of carbonyl (C=O) groups is 2. The van der Waals surface area contributed by atoms with Gasteiger partial charge in [-0.25, -0.2) is 13.8 Å². The SMILES string of the molecule is O=C(C[C@@H]1C(=O)NCCN1Cc1cccc(F)c1F)NCc1nc2ccccc2s1. The van der Waals surface area contributed by atoms with E-state index in [1.807, 2.05) is 24.3 Å². The minimum Gasteiger partial charge on any atom is -0.353 e. The molecule has 4 rings (SSSR count). The van der Waals surface area contributed by atoms with E-state index < -0.39 is 17.7 Å². The molecule has 156 valence electrons. The Hall–Kier alpha value is -2.91. The quantitative estimate of drug-likeness (QED) is 0.631. The molecule has 0 bridgehead atoms. The van der Waals surface area contributed by atoms with Crippen molar-refractivity contribution in [1.29, 1.82) is 0 Å². The first-order chi connectivity index (χ1) is 14.5. The van der Waals surface area contributed by atoms with Crippen molar-refractivity contribution in [1.82, 2.24) is 20.5 Å². The molecule has 1 saturated heterocycles. The highest BCUT2D eigenvalue weighted by Crippen LogP contribution is 2.22. The smallest absolute Gasteiger partial charge is 0.237 e. The first-order valence-corrected chi connectivity index (χ1v) is 10.4. The van der Waals surface area contributed by atoms with Crippen LogP contribution in [0.15, 0.2) is 42.5 Å². The number of halogens is 2. The van der Waals surface area contributed by atoms with Gasteiger partial charge in [0.15, 0.2) is 11.6 Å². The zero-order valence-electron chi connectivity index (χ0n) is 16.0. The molecule has 2 N–H and O–H groups in total. The van der Waals surface area contributed by atoms with Gasteiger partial charge in [-0.2, -0.15) is 0 Å². The highest BCUT2D eigenvalue weighted by atomic mass is 32.1. The summed E-state index contributed by atoms with van der Waals surface area (Å²) in [6.07, 6.45) is -0.0757. The van der Waals surface area contributed by atoms with Gasteiger partial charge >= 0.3 is 0 Å². The predicted molar refractivity (Wildman–Crippen MR) is 110 cm³/mol. The number of nitrogens with one attached hydrogen (secondary N) is 2. The van der Waals surface area contributed by atoms with E-state index in [0.29, 0.717) is 13.1 Å². The molecule has 1 aliphatic heterocycles. The maximum Gasteiger partial charge on any atom is 0.237 e. The van der Waals surface area contributed by atoms with Crippen LogP contribution in [-0.2, 0) is 22.7 Å². The minimum absolute atomic E-state index is 0.0484. The van der Waals surface area contributed by atoms with E-state index in [4.69, 9.17) is 0 Å². The van der Waals surface area contributed by atoms with E-state index in [1.54, 1.807) is 4.90 Å². The third-order valence-electron chi connectivity index (χ3n) is 5.00. The zero-order chi connectivity index (χ0) is 21.1. The maximum absolute atomic E-state index is 14.1. The molecule has 1 aromatic heterocycles. The summed E-state index contributed by atoms with van der Waals surface area (Å²) in [5.41, 5.74) is 1.03. The third kappa shape index (κ3) is 4.47. The normalized spacial score (nSPS) is 17.1. The van der Waals surface area contributed by atoms with Crippen LogP contribution in [-0.4, -0.2) is 40.8 Å². The first-order valence-electron chi connectivity index (χ1n) is 9.57. The van der Waals surface area contributed by atoms with Crippen LogP contribution in [0.25, 0.3) is 10.2 Å². The Kier molecular flexibility index (Phi) is 6.01. The van der Waals surface area contributed by atoms with Crippen LogP contribution in [0.1, 0.15) is 17.0 Å². The molecule has 2 amide bonds. The number of benzene rings is 2. The summed E-state index contributed by atoms with van der Waals surface area (Å²) in [5.74, 6) is -2.46. The van der Waals surface area contributed by atoms with Crippen molar-refractivity contribution >= 4 is 33.4 Å². The molecular weight excluding hydrogens is 410 g/mol. The lowest BCUT2D eigenvalue weighted by Gasteiger charge is -2.34. The van der Waals surface area contributed by atoms with Crippen molar-refractivity contribution in [2.24, 2.45) is 0 Å². The first kappa shape index (κ1) is 20.4. The van der Waals surface area contributed by atoms with Crippen molar-refractivity contribution in [3.63, 3.8) is 0 Å². The van der Waals surface area contributed by atoms with Gasteiger partial charge < -0.3 is 10.6 Å². The fourth-order valence-corrected chi connectivity index (χ4v) is 4.39. The summed E-state index contributed by atoms with van der Waals surface area (Å²) in [7, 11) is 0. The van der Waals surface area contributed by atoms with Gasteiger partial charge in [0.25, 0.3) is 0 Å². The predicted octanol–water partition coefficient (Wildman–Crippen LogP) is 2.58. The summed E-state index contributed by atoms with van der Waals surface area (Å²) in [6, 6.07) is 10.9. The average Bonchev–Trinajstić information content (AvgIpc) is 3.15. The number of carbonyl (C=O) groups excluding carboxylic acids is 2. The Bertz CT molecular complexity index is 1050. The number of hydrogen-bond acceptors (Lipinski definition) is 5. The van der Waals surface area contributed by atoms with Gasteiger partial charge in [0, 0.05) is 25.2 Å². The van der Waals surface area contributed by atoms with Gasteiger partial charge in [-0.15, -0.1) is 11.3 Å². The Labute approximate surface area is 175 Å². The Morgan fingerprint density at radius 3 is 2.90 bits per heavy atom. The number of para-hydroxylation sites is 1. The molecular formula is C21H20F2N4O2S. The van der Waals surface area contributed by atoms with Crippen molar-refractivity contribution in [2.45, 2.75) is 25.6 Å². The summed E-state index contributed by atoms with van der Waals surface area (Å²) >= 11 is 1.50. The molecule has 1 aliphatic rings. The second kappa shape index (κ2) is 8.85. The lowest BCUT2D eigenvalue weighted by molar-refractivity contribution is -0.134. The number of hydrogen-bond donors (Lipinski definition) is 2. The largest absolute Gasteiger partial charge is 0.353 e.